The van der Waals surface area contributed by atoms with Crippen molar-refractivity contribution in [1.82, 2.24) is 9.55 Å². The van der Waals surface area contributed by atoms with Gasteiger partial charge in [0.2, 0.25) is 0 Å². The fourth-order valence-electron chi connectivity index (χ4n) is 2.98. The van der Waals surface area contributed by atoms with E-state index in [1.54, 1.807) is 11.3 Å². The first-order chi connectivity index (χ1) is 11.3. The third-order valence-corrected chi connectivity index (χ3v) is 4.63. The molecule has 4 nitrogen and oxygen atoms in total. The van der Waals surface area contributed by atoms with Gasteiger partial charge in [0.15, 0.2) is 0 Å². The number of hydrogen-bond acceptors (Lipinski definition) is 4. The van der Waals surface area contributed by atoms with Gasteiger partial charge in [-0.15, -0.1) is 11.3 Å². The zero-order chi connectivity index (χ0) is 15.8. The lowest BCUT2D eigenvalue weighted by atomic mass is 10.1. The van der Waals surface area contributed by atoms with E-state index in [4.69, 9.17) is 10.5 Å². The van der Waals surface area contributed by atoms with E-state index >= 15 is 0 Å². The van der Waals surface area contributed by atoms with Crippen molar-refractivity contribution in [3.05, 3.63) is 52.9 Å². The average Bonchev–Trinajstić information content (AvgIpc) is 3.14. The highest BCUT2D eigenvalue weighted by molar-refractivity contribution is 7.09. The Morgan fingerprint density at radius 2 is 1.96 bits per heavy atom. The number of aryl methyl sites for hydroxylation is 1. The Morgan fingerprint density at radius 3 is 2.74 bits per heavy atom. The molecule has 0 atom stereocenters. The standard InChI is InChI=1S/C18H17N3OS/c1-12-20-17(11-23-12)21-14-6-3-2-5-13(14)18-15(21)7-4-8-16(18)22-10-9-19/h2-8,11H,9-10,19H2,1H3. The quantitative estimate of drug-likeness (QED) is 0.620. The fraction of sp³-hybridized carbons (Fsp3) is 0.167. The molecule has 2 aromatic heterocycles. The van der Waals surface area contributed by atoms with Crippen LogP contribution in [0.5, 0.6) is 5.75 Å². The number of thiazole rings is 1. The van der Waals surface area contributed by atoms with Crippen molar-refractivity contribution in [3.8, 4) is 11.6 Å². The van der Waals surface area contributed by atoms with E-state index in [0.29, 0.717) is 13.2 Å². The van der Waals surface area contributed by atoms with Crippen molar-refractivity contribution < 1.29 is 4.74 Å². The monoisotopic (exact) mass is 323 g/mol. The molecule has 2 N–H and O–H groups in total. The zero-order valence-corrected chi connectivity index (χ0v) is 13.6. The number of rotatable bonds is 4. The summed E-state index contributed by atoms with van der Waals surface area (Å²) in [4.78, 5) is 4.67. The summed E-state index contributed by atoms with van der Waals surface area (Å²) in [6.07, 6.45) is 0. The average molecular weight is 323 g/mol. The molecule has 0 saturated heterocycles. The maximum Gasteiger partial charge on any atom is 0.148 e. The fourth-order valence-corrected chi connectivity index (χ4v) is 3.56. The van der Waals surface area contributed by atoms with E-state index in [1.165, 1.54) is 5.39 Å². The predicted octanol–water partition coefficient (Wildman–Crippen LogP) is 3.89. The van der Waals surface area contributed by atoms with Gasteiger partial charge in [0.1, 0.15) is 18.2 Å². The molecule has 4 rings (SSSR count). The summed E-state index contributed by atoms with van der Waals surface area (Å²) in [5.41, 5.74) is 7.83. The van der Waals surface area contributed by atoms with Gasteiger partial charge in [-0.25, -0.2) is 4.98 Å². The van der Waals surface area contributed by atoms with Crippen LogP contribution in [0.1, 0.15) is 5.01 Å². The molecule has 0 aliphatic carbocycles. The van der Waals surface area contributed by atoms with Gasteiger partial charge in [-0.2, -0.15) is 0 Å². The highest BCUT2D eigenvalue weighted by atomic mass is 32.1. The first-order valence-electron chi connectivity index (χ1n) is 7.57. The summed E-state index contributed by atoms with van der Waals surface area (Å²) in [7, 11) is 0. The minimum Gasteiger partial charge on any atom is -0.492 e. The van der Waals surface area contributed by atoms with Crippen molar-refractivity contribution >= 4 is 33.1 Å². The third-order valence-electron chi connectivity index (χ3n) is 3.87. The molecular formula is C18H17N3OS. The Labute approximate surface area is 138 Å². The molecule has 0 fully saturated rings. The largest absolute Gasteiger partial charge is 0.492 e. The molecule has 0 amide bonds. The Bertz CT molecular complexity index is 986. The minimum absolute atomic E-state index is 0.500. The topological polar surface area (TPSA) is 53.1 Å². The minimum atomic E-state index is 0.500. The van der Waals surface area contributed by atoms with Crippen LogP contribution in [-0.2, 0) is 0 Å². The molecule has 23 heavy (non-hydrogen) atoms. The van der Waals surface area contributed by atoms with Crippen molar-refractivity contribution in [2.75, 3.05) is 13.2 Å². The second-order valence-corrected chi connectivity index (χ2v) is 6.43. The smallest absolute Gasteiger partial charge is 0.148 e. The Morgan fingerprint density at radius 1 is 1.13 bits per heavy atom. The third kappa shape index (κ3) is 2.29. The lowest BCUT2D eigenvalue weighted by molar-refractivity contribution is 0.332. The highest BCUT2D eigenvalue weighted by Gasteiger charge is 2.16. The predicted molar refractivity (Wildman–Crippen MR) is 95.7 cm³/mol. The number of hydrogen-bond donors (Lipinski definition) is 1. The summed E-state index contributed by atoms with van der Waals surface area (Å²) in [6.45, 7) is 3.03. The van der Waals surface area contributed by atoms with Gasteiger partial charge in [-0.05, 0) is 25.1 Å². The number of fused-ring (bicyclic) bond motifs is 3. The molecule has 2 heterocycles. The van der Waals surface area contributed by atoms with Crippen molar-refractivity contribution in [1.29, 1.82) is 0 Å². The summed E-state index contributed by atoms with van der Waals surface area (Å²) < 4.78 is 8.07. The number of aromatic nitrogens is 2. The number of ether oxygens (including phenoxy) is 1. The summed E-state index contributed by atoms with van der Waals surface area (Å²) in [5.74, 6) is 1.82. The molecule has 0 saturated carbocycles. The summed E-state index contributed by atoms with van der Waals surface area (Å²) >= 11 is 1.66. The van der Waals surface area contributed by atoms with Gasteiger partial charge in [-0.1, -0.05) is 24.3 Å². The van der Waals surface area contributed by atoms with E-state index in [2.05, 4.69) is 45.3 Å². The first kappa shape index (κ1) is 14.2. The van der Waals surface area contributed by atoms with Crippen LogP contribution in [0.4, 0.5) is 0 Å². The second kappa shape index (κ2) is 5.68. The van der Waals surface area contributed by atoms with Crippen LogP contribution >= 0.6 is 11.3 Å². The first-order valence-corrected chi connectivity index (χ1v) is 8.45. The molecule has 0 aliphatic heterocycles. The molecule has 0 bridgehead atoms. The van der Waals surface area contributed by atoms with Gasteiger partial charge in [-0.3, -0.25) is 4.57 Å². The summed E-state index contributed by atoms with van der Waals surface area (Å²) in [5, 5.41) is 5.43. The maximum atomic E-state index is 5.87. The Balaban J connectivity index is 2.08. The second-order valence-electron chi connectivity index (χ2n) is 5.36. The lowest BCUT2D eigenvalue weighted by Gasteiger charge is -2.07. The number of para-hydroxylation sites is 1. The van der Waals surface area contributed by atoms with Gasteiger partial charge >= 0.3 is 0 Å². The SMILES string of the molecule is Cc1nc(-n2c3ccccc3c3c(OCCN)cccc32)cs1. The normalized spacial score (nSPS) is 11.4. The van der Waals surface area contributed by atoms with Crippen LogP contribution in [-0.4, -0.2) is 22.7 Å². The van der Waals surface area contributed by atoms with E-state index in [0.717, 1.165) is 33.0 Å². The molecule has 4 aromatic rings. The molecule has 0 spiro atoms. The molecular weight excluding hydrogens is 306 g/mol. The van der Waals surface area contributed by atoms with E-state index in [1.807, 2.05) is 19.1 Å². The molecule has 0 unspecified atom stereocenters. The molecule has 0 radical (unpaired) electrons. The van der Waals surface area contributed by atoms with Gasteiger partial charge in [0.25, 0.3) is 0 Å². The maximum absolute atomic E-state index is 5.87. The van der Waals surface area contributed by atoms with Gasteiger partial charge < -0.3 is 10.5 Å². The zero-order valence-electron chi connectivity index (χ0n) is 12.8. The molecule has 116 valence electrons. The van der Waals surface area contributed by atoms with Crippen LogP contribution in [0.25, 0.3) is 27.6 Å². The van der Waals surface area contributed by atoms with Crippen molar-refractivity contribution in [2.45, 2.75) is 6.92 Å². The number of benzene rings is 2. The summed E-state index contributed by atoms with van der Waals surface area (Å²) in [6, 6.07) is 14.5. The van der Waals surface area contributed by atoms with Crippen LogP contribution in [0.3, 0.4) is 0 Å². The van der Waals surface area contributed by atoms with E-state index < -0.39 is 0 Å². The van der Waals surface area contributed by atoms with Gasteiger partial charge in [0, 0.05) is 17.3 Å². The highest BCUT2D eigenvalue weighted by Crippen LogP contribution is 2.37. The van der Waals surface area contributed by atoms with E-state index in [9.17, 15) is 0 Å². The molecule has 0 aliphatic rings. The van der Waals surface area contributed by atoms with Crippen molar-refractivity contribution in [3.63, 3.8) is 0 Å². The molecule has 2 aromatic carbocycles. The van der Waals surface area contributed by atoms with E-state index in [-0.39, 0.29) is 0 Å². The van der Waals surface area contributed by atoms with Gasteiger partial charge in [0.05, 0.1) is 21.4 Å². The number of nitrogens with zero attached hydrogens (tertiary/aromatic N) is 2. The van der Waals surface area contributed by atoms with Crippen LogP contribution in [0.2, 0.25) is 0 Å². The lowest BCUT2D eigenvalue weighted by Crippen LogP contribution is -2.10. The van der Waals surface area contributed by atoms with Crippen LogP contribution < -0.4 is 10.5 Å². The van der Waals surface area contributed by atoms with Crippen LogP contribution in [0.15, 0.2) is 47.8 Å². The van der Waals surface area contributed by atoms with Crippen LogP contribution in [0, 0.1) is 6.92 Å². The van der Waals surface area contributed by atoms with Crippen molar-refractivity contribution in [2.24, 2.45) is 5.73 Å². The molecule has 5 heteroatoms. The number of nitrogens with two attached hydrogens (primary N) is 1. The Hall–Kier alpha value is -2.37. The Kier molecular flexibility index (Phi) is 3.52.